The van der Waals surface area contributed by atoms with E-state index < -0.39 is 0 Å². The molecule has 0 unspecified atom stereocenters. The minimum atomic E-state index is 0.0872. The Labute approximate surface area is 110 Å². The second-order valence-electron chi connectivity index (χ2n) is 5.49. The summed E-state index contributed by atoms with van der Waals surface area (Å²) in [5.74, 6) is 0.982. The summed E-state index contributed by atoms with van der Waals surface area (Å²) in [7, 11) is 3.92. The first-order valence-corrected chi connectivity index (χ1v) is 6.65. The molecule has 0 aromatic heterocycles. The number of aryl methyl sites for hydroxylation is 1. The third kappa shape index (κ3) is 2.38. The first-order valence-electron chi connectivity index (χ1n) is 6.65. The smallest absolute Gasteiger partial charge is 0.122 e. The van der Waals surface area contributed by atoms with Crippen LogP contribution in [0.3, 0.4) is 0 Å². The predicted molar refractivity (Wildman–Crippen MR) is 75.2 cm³/mol. The molecule has 100 valence electrons. The van der Waals surface area contributed by atoms with Gasteiger partial charge in [-0.25, -0.2) is 0 Å². The number of hydrogen-bond donors (Lipinski definition) is 1. The highest BCUT2D eigenvalue weighted by molar-refractivity contribution is 5.43. The fourth-order valence-electron chi connectivity index (χ4n) is 2.87. The monoisotopic (exact) mass is 248 g/mol. The van der Waals surface area contributed by atoms with Crippen LogP contribution in [-0.2, 0) is 5.41 Å². The molecular formula is C15H24N2O. The SMILES string of the molecule is COc1ccc(C)cc1C1(CN)CCN(C)CC1. The summed E-state index contributed by atoms with van der Waals surface area (Å²) in [5.41, 5.74) is 8.77. The van der Waals surface area contributed by atoms with Crippen molar-refractivity contribution in [2.24, 2.45) is 5.73 Å². The molecule has 2 rings (SSSR count). The zero-order valence-corrected chi connectivity index (χ0v) is 11.7. The molecule has 0 amide bonds. The van der Waals surface area contributed by atoms with Crippen molar-refractivity contribution in [2.45, 2.75) is 25.2 Å². The Morgan fingerprint density at radius 1 is 1.33 bits per heavy atom. The van der Waals surface area contributed by atoms with Gasteiger partial charge in [-0.2, -0.15) is 0 Å². The maximum absolute atomic E-state index is 6.12. The second kappa shape index (κ2) is 5.29. The van der Waals surface area contributed by atoms with E-state index in [4.69, 9.17) is 10.5 Å². The Hall–Kier alpha value is -1.06. The van der Waals surface area contributed by atoms with Crippen LogP contribution in [0.2, 0.25) is 0 Å². The van der Waals surface area contributed by atoms with Crippen LogP contribution in [0.4, 0.5) is 0 Å². The van der Waals surface area contributed by atoms with Gasteiger partial charge < -0.3 is 15.4 Å². The fraction of sp³-hybridized carbons (Fsp3) is 0.600. The lowest BCUT2D eigenvalue weighted by molar-refractivity contribution is 0.188. The topological polar surface area (TPSA) is 38.5 Å². The molecule has 1 aliphatic heterocycles. The van der Waals surface area contributed by atoms with Gasteiger partial charge in [-0.1, -0.05) is 17.7 Å². The van der Waals surface area contributed by atoms with Crippen LogP contribution >= 0.6 is 0 Å². The molecule has 0 spiro atoms. The van der Waals surface area contributed by atoms with Crippen LogP contribution in [0.25, 0.3) is 0 Å². The molecule has 1 aliphatic rings. The number of ether oxygens (including phenoxy) is 1. The van der Waals surface area contributed by atoms with Crippen molar-refractivity contribution in [3.8, 4) is 5.75 Å². The molecule has 1 aromatic rings. The maximum Gasteiger partial charge on any atom is 0.122 e. The largest absolute Gasteiger partial charge is 0.496 e. The van der Waals surface area contributed by atoms with E-state index in [2.05, 4.69) is 37.1 Å². The lowest BCUT2D eigenvalue weighted by atomic mass is 9.72. The molecule has 1 fully saturated rings. The van der Waals surface area contributed by atoms with Gasteiger partial charge in [0.15, 0.2) is 0 Å². The predicted octanol–water partition coefficient (Wildman–Crippen LogP) is 1.93. The van der Waals surface area contributed by atoms with Gasteiger partial charge in [0.1, 0.15) is 5.75 Å². The van der Waals surface area contributed by atoms with E-state index in [1.807, 2.05) is 0 Å². The molecular weight excluding hydrogens is 224 g/mol. The van der Waals surface area contributed by atoms with Crippen LogP contribution in [0.5, 0.6) is 5.75 Å². The van der Waals surface area contributed by atoms with Gasteiger partial charge in [0, 0.05) is 17.5 Å². The zero-order chi connectivity index (χ0) is 13.2. The molecule has 0 saturated carbocycles. The van der Waals surface area contributed by atoms with Crippen molar-refractivity contribution in [1.29, 1.82) is 0 Å². The maximum atomic E-state index is 6.12. The number of methoxy groups -OCH3 is 1. The van der Waals surface area contributed by atoms with E-state index in [-0.39, 0.29) is 5.41 Å². The van der Waals surface area contributed by atoms with Gasteiger partial charge in [-0.05, 0) is 46.0 Å². The minimum absolute atomic E-state index is 0.0872. The van der Waals surface area contributed by atoms with E-state index in [1.54, 1.807) is 7.11 Å². The van der Waals surface area contributed by atoms with Gasteiger partial charge in [0.25, 0.3) is 0 Å². The Morgan fingerprint density at radius 2 is 2.00 bits per heavy atom. The molecule has 1 heterocycles. The Bertz CT molecular complexity index is 409. The summed E-state index contributed by atoms with van der Waals surface area (Å²) >= 11 is 0. The summed E-state index contributed by atoms with van der Waals surface area (Å²) < 4.78 is 5.54. The van der Waals surface area contributed by atoms with Crippen molar-refractivity contribution in [1.82, 2.24) is 4.90 Å². The molecule has 0 atom stereocenters. The molecule has 1 saturated heterocycles. The number of hydrogen-bond acceptors (Lipinski definition) is 3. The van der Waals surface area contributed by atoms with Crippen molar-refractivity contribution in [2.75, 3.05) is 33.8 Å². The van der Waals surface area contributed by atoms with E-state index >= 15 is 0 Å². The number of piperidine rings is 1. The summed E-state index contributed by atoms with van der Waals surface area (Å²) in [6.45, 7) is 5.03. The minimum Gasteiger partial charge on any atom is -0.496 e. The standard InChI is InChI=1S/C15H24N2O/c1-12-4-5-14(18-3)13(10-12)15(11-16)6-8-17(2)9-7-15/h4-5,10H,6-9,11,16H2,1-3H3. The lowest BCUT2D eigenvalue weighted by Crippen LogP contribution is -2.45. The van der Waals surface area contributed by atoms with Gasteiger partial charge in [-0.15, -0.1) is 0 Å². The number of rotatable bonds is 3. The molecule has 3 nitrogen and oxygen atoms in total. The molecule has 2 N–H and O–H groups in total. The average Bonchev–Trinajstić information content (AvgIpc) is 2.40. The fourth-order valence-corrected chi connectivity index (χ4v) is 2.87. The molecule has 0 bridgehead atoms. The van der Waals surface area contributed by atoms with E-state index in [1.165, 1.54) is 11.1 Å². The quantitative estimate of drug-likeness (QED) is 0.888. The van der Waals surface area contributed by atoms with Crippen LogP contribution in [0.15, 0.2) is 18.2 Å². The molecule has 0 aliphatic carbocycles. The van der Waals surface area contributed by atoms with Crippen molar-refractivity contribution < 1.29 is 4.74 Å². The molecule has 0 radical (unpaired) electrons. The van der Waals surface area contributed by atoms with Gasteiger partial charge >= 0.3 is 0 Å². The van der Waals surface area contributed by atoms with Crippen LogP contribution < -0.4 is 10.5 Å². The summed E-state index contributed by atoms with van der Waals surface area (Å²) in [6.07, 6.45) is 2.22. The number of likely N-dealkylation sites (tertiary alicyclic amines) is 1. The highest BCUT2D eigenvalue weighted by Gasteiger charge is 2.36. The van der Waals surface area contributed by atoms with Crippen molar-refractivity contribution in [3.05, 3.63) is 29.3 Å². The zero-order valence-electron chi connectivity index (χ0n) is 11.7. The summed E-state index contributed by atoms with van der Waals surface area (Å²) in [4.78, 5) is 2.37. The summed E-state index contributed by atoms with van der Waals surface area (Å²) in [5, 5.41) is 0. The first-order chi connectivity index (χ1) is 8.61. The van der Waals surface area contributed by atoms with Crippen molar-refractivity contribution >= 4 is 0 Å². The van der Waals surface area contributed by atoms with Crippen molar-refractivity contribution in [3.63, 3.8) is 0 Å². The van der Waals surface area contributed by atoms with Gasteiger partial charge in [0.2, 0.25) is 0 Å². The van der Waals surface area contributed by atoms with Gasteiger partial charge in [-0.3, -0.25) is 0 Å². The van der Waals surface area contributed by atoms with E-state index in [9.17, 15) is 0 Å². The molecule has 3 heteroatoms. The third-order valence-corrected chi connectivity index (χ3v) is 4.26. The Morgan fingerprint density at radius 3 is 2.56 bits per heavy atom. The van der Waals surface area contributed by atoms with E-state index in [0.717, 1.165) is 31.7 Å². The number of nitrogens with zero attached hydrogens (tertiary/aromatic N) is 1. The first kappa shape index (κ1) is 13.4. The van der Waals surface area contributed by atoms with Crippen LogP contribution in [0.1, 0.15) is 24.0 Å². The summed E-state index contributed by atoms with van der Waals surface area (Å²) in [6, 6.07) is 6.42. The molecule has 18 heavy (non-hydrogen) atoms. The number of benzene rings is 1. The normalized spacial score (nSPS) is 19.8. The van der Waals surface area contributed by atoms with Crippen LogP contribution in [0, 0.1) is 6.92 Å². The number of nitrogens with two attached hydrogens (primary N) is 1. The highest BCUT2D eigenvalue weighted by Crippen LogP contribution is 2.39. The Kier molecular flexibility index (Phi) is 3.93. The average molecular weight is 248 g/mol. The van der Waals surface area contributed by atoms with Crippen LogP contribution in [-0.4, -0.2) is 38.7 Å². The third-order valence-electron chi connectivity index (χ3n) is 4.26. The second-order valence-corrected chi connectivity index (χ2v) is 5.49. The Balaban J connectivity index is 2.40. The van der Waals surface area contributed by atoms with Gasteiger partial charge in [0.05, 0.1) is 7.11 Å². The highest BCUT2D eigenvalue weighted by atomic mass is 16.5. The lowest BCUT2D eigenvalue weighted by Gasteiger charge is -2.41. The van der Waals surface area contributed by atoms with E-state index in [0.29, 0.717) is 6.54 Å². The molecule has 1 aromatic carbocycles.